The van der Waals surface area contributed by atoms with Crippen LogP contribution in [-0.2, 0) is 9.47 Å². The summed E-state index contributed by atoms with van der Waals surface area (Å²) in [5.41, 5.74) is -1.72. The summed E-state index contributed by atoms with van der Waals surface area (Å²) in [5.74, 6) is -4.72. The average molecular weight is 815 g/mol. The molecule has 1 aromatic rings. The van der Waals surface area contributed by atoms with Crippen LogP contribution in [0.4, 0.5) is 0 Å². The van der Waals surface area contributed by atoms with Crippen LogP contribution in [-0.4, -0.2) is 47.3 Å². The number of carbonyl (C=O) groups excluding carboxylic acids is 2. The Morgan fingerprint density at radius 1 is 0.328 bits per heavy atom. The minimum Gasteiger partial charge on any atom is -0.478 e. The molecule has 0 unspecified atom stereocenters. The van der Waals surface area contributed by atoms with Gasteiger partial charge in [-0.1, -0.05) is 232 Å². The Bertz CT molecular complexity index is 1110. The topological polar surface area (TPSA) is 127 Å². The van der Waals surface area contributed by atoms with Crippen LogP contribution < -0.4 is 0 Å². The number of benzene rings is 1. The van der Waals surface area contributed by atoms with E-state index in [1.54, 1.807) is 0 Å². The molecular formula is C50H86O8. The average Bonchev–Trinajstić information content (AvgIpc) is 3.21. The van der Waals surface area contributed by atoms with E-state index in [1.165, 1.54) is 180 Å². The normalized spacial score (nSPS) is 11.2. The molecule has 0 radical (unpaired) electrons. The largest absolute Gasteiger partial charge is 0.478 e. The van der Waals surface area contributed by atoms with Crippen LogP contribution >= 0.6 is 0 Å². The van der Waals surface area contributed by atoms with Gasteiger partial charge < -0.3 is 19.7 Å². The van der Waals surface area contributed by atoms with Crippen molar-refractivity contribution < 1.29 is 38.9 Å². The van der Waals surface area contributed by atoms with E-state index in [0.717, 1.165) is 50.7 Å². The predicted molar refractivity (Wildman–Crippen MR) is 238 cm³/mol. The van der Waals surface area contributed by atoms with Crippen molar-refractivity contribution in [3.63, 3.8) is 0 Å². The highest BCUT2D eigenvalue weighted by atomic mass is 16.5. The van der Waals surface area contributed by atoms with Gasteiger partial charge in [0.15, 0.2) is 0 Å². The molecule has 0 spiro atoms. The van der Waals surface area contributed by atoms with Gasteiger partial charge in [-0.05, 0) is 25.0 Å². The molecular weight excluding hydrogens is 729 g/mol. The van der Waals surface area contributed by atoms with Crippen LogP contribution in [0.5, 0.6) is 0 Å². The third-order valence-electron chi connectivity index (χ3n) is 11.5. The third-order valence-corrected chi connectivity index (χ3v) is 11.5. The van der Waals surface area contributed by atoms with Gasteiger partial charge in [0.2, 0.25) is 0 Å². The van der Waals surface area contributed by atoms with Crippen LogP contribution in [0.3, 0.4) is 0 Å². The molecule has 0 aromatic heterocycles. The molecule has 0 saturated carbocycles. The van der Waals surface area contributed by atoms with Gasteiger partial charge in [-0.2, -0.15) is 0 Å². The molecule has 0 aliphatic rings. The monoisotopic (exact) mass is 815 g/mol. The molecule has 0 heterocycles. The summed E-state index contributed by atoms with van der Waals surface area (Å²) in [5, 5.41) is 19.5. The lowest BCUT2D eigenvalue weighted by molar-refractivity contribution is 0.0479. The predicted octanol–water partition coefficient (Wildman–Crippen LogP) is 15.5. The number of hydrogen-bond acceptors (Lipinski definition) is 6. The number of carboxylic acid groups (broad SMARTS) is 2. The van der Waals surface area contributed by atoms with Crippen molar-refractivity contribution in [2.45, 2.75) is 245 Å². The van der Waals surface area contributed by atoms with Crippen molar-refractivity contribution in [2.75, 3.05) is 13.2 Å². The first kappa shape index (κ1) is 53.1. The minimum atomic E-state index is -1.47. The summed E-state index contributed by atoms with van der Waals surface area (Å²) in [6, 6.07) is 1.85. The van der Waals surface area contributed by atoms with E-state index >= 15 is 0 Å². The Kier molecular flexibility index (Phi) is 35.1. The molecule has 334 valence electrons. The standard InChI is InChI=1S/C50H86O8/c1-3-5-7-9-11-13-15-17-19-21-23-25-27-29-31-33-35-37-39-57-49(55)45-42-46(44(48(53)54)41-43(45)47(51)52)50(56)58-40-38-36-34-32-30-28-26-24-22-20-18-16-14-12-10-8-6-4-2/h41-42H,3-40H2,1-2H3,(H,51,52)(H,53,54). The number of ether oxygens (including phenoxy) is 2. The highest BCUT2D eigenvalue weighted by Crippen LogP contribution is 2.22. The van der Waals surface area contributed by atoms with Gasteiger partial charge in [0.25, 0.3) is 0 Å². The lowest BCUT2D eigenvalue weighted by Crippen LogP contribution is -2.19. The third kappa shape index (κ3) is 28.5. The van der Waals surface area contributed by atoms with Gasteiger partial charge in [0.1, 0.15) is 0 Å². The Labute approximate surface area is 354 Å². The van der Waals surface area contributed by atoms with Crippen LogP contribution in [0, 0.1) is 0 Å². The number of unbranched alkanes of at least 4 members (excludes halogenated alkanes) is 34. The van der Waals surface area contributed by atoms with E-state index in [9.17, 15) is 29.4 Å². The fraction of sp³-hybridized carbons (Fsp3) is 0.800. The molecule has 0 fully saturated rings. The molecule has 0 bridgehead atoms. The van der Waals surface area contributed by atoms with Gasteiger partial charge in [0.05, 0.1) is 35.5 Å². The first-order valence-electron chi connectivity index (χ1n) is 24.3. The summed E-state index contributed by atoms with van der Waals surface area (Å²) < 4.78 is 10.8. The highest BCUT2D eigenvalue weighted by Gasteiger charge is 2.27. The van der Waals surface area contributed by atoms with E-state index in [4.69, 9.17) is 9.47 Å². The maximum absolute atomic E-state index is 13.0. The molecule has 0 aliphatic carbocycles. The Hall–Kier alpha value is -2.90. The minimum absolute atomic E-state index is 0.121. The zero-order valence-corrected chi connectivity index (χ0v) is 37.4. The van der Waals surface area contributed by atoms with Crippen molar-refractivity contribution in [1.29, 1.82) is 0 Å². The SMILES string of the molecule is CCCCCCCCCCCCCCCCCCCCOC(=O)c1cc(C(=O)OCCCCCCCCCCCCCCCCCCCC)c(C(=O)O)cc1C(=O)O. The fourth-order valence-electron chi connectivity index (χ4n) is 7.78. The summed E-state index contributed by atoms with van der Waals surface area (Å²) in [6.07, 6.45) is 45.0. The molecule has 58 heavy (non-hydrogen) atoms. The fourth-order valence-corrected chi connectivity index (χ4v) is 7.78. The molecule has 2 N–H and O–H groups in total. The lowest BCUT2D eigenvalue weighted by atomic mass is 9.98. The van der Waals surface area contributed by atoms with Crippen molar-refractivity contribution >= 4 is 23.9 Å². The van der Waals surface area contributed by atoms with Crippen molar-refractivity contribution in [3.05, 3.63) is 34.4 Å². The molecule has 1 rings (SSSR count). The van der Waals surface area contributed by atoms with E-state index in [-0.39, 0.29) is 24.3 Å². The Balaban J connectivity index is 2.25. The Morgan fingerprint density at radius 3 is 0.724 bits per heavy atom. The molecule has 0 aliphatic heterocycles. The van der Waals surface area contributed by atoms with Crippen LogP contribution in [0.1, 0.15) is 286 Å². The maximum Gasteiger partial charge on any atom is 0.339 e. The van der Waals surface area contributed by atoms with Crippen LogP contribution in [0.2, 0.25) is 0 Å². The van der Waals surface area contributed by atoms with E-state index in [2.05, 4.69) is 13.8 Å². The molecule has 0 atom stereocenters. The second-order valence-corrected chi connectivity index (χ2v) is 16.8. The molecule has 8 nitrogen and oxygen atoms in total. The number of carbonyl (C=O) groups is 4. The van der Waals surface area contributed by atoms with Gasteiger partial charge in [-0.15, -0.1) is 0 Å². The first-order chi connectivity index (χ1) is 28.3. The molecule has 0 amide bonds. The van der Waals surface area contributed by atoms with Gasteiger partial charge in [-0.3, -0.25) is 0 Å². The number of esters is 2. The second kappa shape index (κ2) is 38.3. The van der Waals surface area contributed by atoms with Crippen molar-refractivity contribution in [3.8, 4) is 0 Å². The summed E-state index contributed by atoms with van der Waals surface area (Å²) in [6.45, 7) is 4.77. The number of carboxylic acids is 2. The zero-order chi connectivity index (χ0) is 42.3. The van der Waals surface area contributed by atoms with Crippen LogP contribution in [0.25, 0.3) is 0 Å². The van der Waals surface area contributed by atoms with Crippen LogP contribution in [0.15, 0.2) is 12.1 Å². The summed E-state index contributed by atoms with van der Waals surface area (Å²) in [4.78, 5) is 49.9. The van der Waals surface area contributed by atoms with Gasteiger partial charge in [-0.25, -0.2) is 19.2 Å². The van der Waals surface area contributed by atoms with Crippen molar-refractivity contribution in [1.82, 2.24) is 0 Å². The quantitative estimate of drug-likeness (QED) is 0.0493. The highest BCUT2D eigenvalue weighted by molar-refractivity contribution is 6.09. The van der Waals surface area contributed by atoms with E-state index in [0.29, 0.717) is 12.8 Å². The molecule has 8 heteroatoms. The van der Waals surface area contributed by atoms with Gasteiger partial charge >= 0.3 is 23.9 Å². The summed E-state index contributed by atoms with van der Waals surface area (Å²) in [7, 11) is 0. The smallest absolute Gasteiger partial charge is 0.339 e. The maximum atomic E-state index is 13.0. The lowest BCUT2D eigenvalue weighted by Gasteiger charge is -2.12. The van der Waals surface area contributed by atoms with E-state index < -0.39 is 35.0 Å². The first-order valence-corrected chi connectivity index (χ1v) is 24.3. The van der Waals surface area contributed by atoms with Crippen molar-refractivity contribution in [2.24, 2.45) is 0 Å². The van der Waals surface area contributed by atoms with Gasteiger partial charge in [0, 0.05) is 0 Å². The summed E-state index contributed by atoms with van der Waals surface area (Å²) >= 11 is 0. The van der Waals surface area contributed by atoms with E-state index in [1.807, 2.05) is 0 Å². The zero-order valence-electron chi connectivity index (χ0n) is 37.4. The second-order valence-electron chi connectivity index (χ2n) is 16.8. The number of hydrogen-bond donors (Lipinski definition) is 2. The Morgan fingerprint density at radius 2 is 0.517 bits per heavy atom. The molecule has 0 saturated heterocycles. The molecule has 1 aromatic carbocycles. The number of aromatic carboxylic acids is 2. The number of rotatable bonds is 42.